The second kappa shape index (κ2) is 10.3. The summed E-state index contributed by atoms with van der Waals surface area (Å²) in [6.45, 7) is 5.75. The molecule has 3 N–H and O–H groups in total. The molecule has 0 aliphatic carbocycles. The number of thiophene rings is 1. The molecule has 0 unspecified atom stereocenters. The van der Waals surface area contributed by atoms with Crippen LogP contribution in [0.1, 0.15) is 54.8 Å². The van der Waals surface area contributed by atoms with E-state index < -0.39 is 18.1 Å². The van der Waals surface area contributed by atoms with Crippen LogP contribution < -0.4 is 5.84 Å². The Morgan fingerprint density at radius 3 is 2.79 bits per heavy atom. The number of ether oxygens (including phenoxy) is 2. The Kier molecular flexibility index (Phi) is 7.74. The van der Waals surface area contributed by atoms with Crippen molar-refractivity contribution in [2.45, 2.75) is 75.5 Å². The molecule has 1 aromatic rings. The molecule has 0 aromatic carbocycles. The lowest BCUT2D eigenvalue weighted by molar-refractivity contribution is -0.207. The predicted molar refractivity (Wildman–Crippen MR) is 130 cm³/mol. The van der Waals surface area contributed by atoms with Gasteiger partial charge >= 0.3 is 0 Å². The zero-order valence-corrected chi connectivity index (χ0v) is 20.9. The van der Waals surface area contributed by atoms with Crippen LogP contribution in [0.4, 0.5) is 8.78 Å². The van der Waals surface area contributed by atoms with Crippen molar-refractivity contribution in [3.63, 3.8) is 0 Å². The first-order valence-corrected chi connectivity index (χ1v) is 13.0. The van der Waals surface area contributed by atoms with Crippen molar-refractivity contribution in [2.24, 2.45) is 15.9 Å². The maximum atomic E-state index is 14.6. The lowest BCUT2D eigenvalue weighted by Gasteiger charge is -2.47. The van der Waals surface area contributed by atoms with Gasteiger partial charge in [0.2, 0.25) is 0 Å². The van der Waals surface area contributed by atoms with Crippen molar-refractivity contribution in [1.29, 1.82) is 0 Å². The minimum absolute atomic E-state index is 0.103. The number of aliphatic imine (C=N–C) groups is 1. The highest BCUT2D eigenvalue weighted by Crippen LogP contribution is 2.46. The maximum Gasteiger partial charge on any atom is 0.295 e. The fourth-order valence-electron chi connectivity index (χ4n) is 5.32. The van der Waals surface area contributed by atoms with E-state index in [-0.39, 0.29) is 37.7 Å². The molecule has 7 nitrogen and oxygen atoms in total. The third-order valence-electron chi connectivity index (χ3n) is 7.52. The Balaban J connectivity index is 1.37. The van der Waals surface area contributed by atoms with Crippen LogP contribution in [-0.2, 0) is 27.9 Å². The summed E-state index contributed by atoms with van der Waals surface area (Å²) in [4.78, 5) is 9.02. The highest BCUT2D eigenvalue weighted by molar-refractivity contribution is 7.12. The van der Waals surface area contributed by atoms with Crippen LogP contribution in [0, 0.1) is 0 Å². The average molecular weight is 499 g/mol. The first-order chi connectivity index (χ1) is 16.2. The summed E-state index contributed by atoms with van der Waals surface area (Å²) in [5, 5.41) is 14.1. The number of halogens is 2. The molecular formula is C24H36F2N4O3S. The number of hydrazone groups is 1. The summed E-state index contributed by atoms with van der Waals surface area (Å²) in [7, 11) is 0. The number of fused-ring (bicyclic) bond motifs is 2. The molecule has 2 saturated heterocycles. The molecule has 1 aromatic heterocycles. The molecule has 2 atom stereocenters. The number of nitrogens with two attached hydrogens (primary N) is 1. The number of aryl methyl sites for hydroxylation is 1. The van der Waals surface area contributed by atoms with Gasteiger partial charge in [-0.15, -0.1) is 11.3 Å². The molecule has 3 aliphatic rings. The number of hydrogen-bond donors (Lipinski definition) is 2. The fourth-order valence-corrected chi connectivity index (χ4v) is 6.50. The summed E-state index contributed by atoms with van der Waals surface area (Å²) in [5.41, 5.74) is -0.541. The normalized spacial score (nSPS) is 28.5. The number of likely N-dealkylation sites (tertiary alicyclic amines) is 1. The second-order valence-electron chi connectivity index (χ2n) is 9.71. The SMILES string of the molecule is CCc1cc2c(s1)CCO[C@@]21CCN(C/C(C=NCC(F)(F)C2(O)CCOCC2)=N/N)[C@@H](C)C1. The van der Waals surface area contributed by atoms with Gasteiger partial charge in [0.25, 0.3) is 5.92 Å². The Hall–Kier alpha value is -1.46. The lowest BCUT2D eigenvalue weighted by atomic mass is 9.79. The van der Waals surface area contributed by atoms with Crippen LogP contribution in [0.5, 0.6) is 0 Å². The standard InChI is InChI=1S/C24H36F2N4O3S/c1-3-19-12-20-21(34-19)4-9-33-22(20)5-8-30(17(2)13-22)15-18(29-27)14-28-16-24(25,26)23(31)6-10-32-11-7-23/h12,14,17,31H,3-11,13,15-16,27H2,1-2H3/b28-14?,29-18+/t17-,22+/m0/s1. The van der Waals surface area contributed by atoms with Gasteiger partial charge in [0.05, 0.1) is 17.9 Å². The highest BCUT2D eigenvalue weighted by Gasteiger charge is 2.52. The van der Waals surface area contributed by atoms with E-state index in [9.17, 15) is 13.9 Å². The average Bonchev–Trinajstić information content (AvgIpc) is 3.25. The molecule has 1 spiro atoms. The van der Waals surface area contributed by atoms with Crippen LogP contribution in [0.2, 0.25) is 0 Å². The molecule has 10 heteroatoms. The number of rotatable bonds is 7. The summed E-state index contributed by atoms with van der Waals surface area (Å²) in [6.07, 6.45) is 4.86. The largest absolute Gasteiger partial charge is 0.383 e. The van der Waals surface area contributed by atoms with Gasteiger partial charge in [-0.1, -0.05) is 6.92 Å². The van der Waals surface area contributed by atoms with E-state index in [1.54, 1.807) is 0 Å². The summed E-state index contributed by atoms with van der Waals surface area (Å²) in [6, 6.07) is 2.53. The number of piperidine rings is 1. The quantitative estimate of drug-likeness (QED) is 0.342. The molecule has 4 rings (SSSR count). The number of hydrogen-bond acceptors (Lipinski definition) is 8. The van der Waals surface area contributed by atoms with Crippen LogP contribution in [-0.4, -0.2) is 79.0 Å². The van der Waals surface area contributed by atoms with E-state index >= 15 is 0 Å². The van der Waals surface area contributed by atoms with E-state index in [4.69, 9.17) is 15.3 Å². The van der Waals surface area contributed by atoms with Crippen LogP contribution in [0.3, 0.4) is 0 Å². The molecule has 3 aliphatic heterocycles. The van der Waals surface area contributed by atoms with Crippen LogP contribution >= 0.6 is 11.3 Å². The van der Waals surface area contributed by atoms with E-state index in [0.29, 0.717) is 12.3 Å². The Morgan fingerprint density at radius 2 is 2.12 bits per heavy atom. The van der Waals surface area contributed by atoms with Gasteiger partial charge in [-0.2, -0.15) is 5.10 Å². The molecule has 34 heavy (non-hydrogen) atoms. The van der Waals surface area contributed by atoms with E-state index in [1.165, 1.54) is 21.5 Å². The van der Waals surface area contributed by atoms with Crippen molar-refractivity contribution in [3.05, 3.63) is 21.4 Å². The van der Waals surface area contributed by atoms with Crippen molar-refractivity contribution in [1.82, 2.24) is 4.90 Å². The molecule has 0 amide bonds. The van der Waals surface area contributed by atoms with Crippen molar-refractivity contribution < 1.29 is 23.4 Å². The molecule has 4 heterocycles. The van der Waals surface area contributed by atoms with E-state index in [0.717, 1.165) is 38.8 Å². The Bertz CT molecular complexity index is 916. The number of alkyl halides is 2. The van der Waals surface area contributed by atoms with Crippen molar-refractivity contribution >= 4 is 23.3 Å². The smallest absolute Gasteiger partial charge is 0.295 e. The zero-order valence-electron chi connectivity index (χ0n) is 20.1. The molecule has 0 saturated carbocycles. The summed E-state index contributed by atoms with van der Waals surface area (Å²) < 4.78 is 40.7. The topological polar surface area (TPSA) is 92.7 Å². The molecule has 2 fully saturated rings. The van der Waals surface area contributed by atoms with Crippen molar-refractivity contribution in [2.75, 3.05) is 39.5 Å². The van der Waals surface area contributed by atoms with Gasteiger partial charge in [-0.05, 0) is 37.8 Å². The van der Waals surface area contributed by atoms with Crippen molar-refractivity contribution in [3.8, 4) is 0 Å². The van der Waals surface area contributed by atoms with Crippen LogP contribution in [0.15, 0.2) is 16.2 Å². The summed E-state index contributed by atoms with van der Waals surface area (Å²) >= 11 is 1.91. The zero-order chi connectivity index (χ0) is 24.4. The predicted octanol–water partition coefficient (Wildman–Crippen LogP) is 3.13. The third-order valence-corrected chi connectivity index (χ3v) is 8.86. The molecule has 190 valence electrons. The van der Waals surface area contributed by atoms with Gasteiger partial charge in [-0.25, -0.2) is 8.78 Å². The van der Waals surface area contributed by atoms with Gasteiger partial charge in [-0.3, -0.25) is 9.89 Å². The molecule has 0 radical (unpaired) electrons. The Labute approximate surface area is 204 Å². The van der Waals surface area contributed by atoms with Gasteiger partial charge in [0, 0.05) is 67.6 Å². The van der Waals surface area contributed by atoms with Gasteiger partial charge < -0.3 is 20.4 Å². The molecular weight excluding hydrogens is 462 g/mol. The second-order valence-corrected chi connectivity index (χ2v) is 10.9. The molecule has 0 bridgehead atoms. The Morgan fingerprint density at radius 1 is 1.35 bits per heavy atom. The van der Waals surface area contributed by atoms with Gasteiger partial charge in [0.15, 0.2) is 0 Å². The first kappa shape index (κ1) is 25.6. The van der Waals surface area contributed by atoms with Crippen LogP contribution in [0.25, 0.3) is 0 Å². The minimum Gasteiger partial charge on any atom is -0.383 e. The van der Waals surface area contributed by atoms with E-state index in [1.807, 2.05) is 11.3 Å². The third kappa shape index (κ3) is 5.06. The minimum atomic E-state index is -3.34. The first-order valence-electron chi connectivity index (χ1n) is 12.2. The highest BCUT2D eigenvalue weighted by atomic mass is 32.1. The van der Waals surface area contributed by atoms with Gasteiger partial charge in [0.1, 0.15) is 12.1 Å². The fraction of sp³-hybridized carbons (Fsp3) is 0.750. The lowest BCUT2D eigenvalue weighted by Crippen LogP contribution is -2.53. The number of nitrogens with zero attached hydrogens (tertiary/aromatic N) is 3. The summed E-state index contributed by atoms with van der Waals surface area (Å²) in [5.74, 6) is 2.22. The number of aliphatic hydroxyl groups is 1. The maximum absolute atomic E-state index is 14.6. The van der Waals surface area contributed by atoms with E-state index in [2.05, 4.69) is 34.9 Å². The monoisotopic (exact) mass is 498 g/mol.